The van der Waals surface area contributed by atoms with Crippen LogP contribution >= 0.6 is 11.6 Å². The van der Waals surface area contributed by atoms with E-state index < -0.39 is 24.4 Å². The number of rotatable bonds is 2. The Morgan fingerprint density at radius 3 is 2.44 bits per heavy atom. The number of carbonyl (C=O) groups is 1. The van der Waals surface area contributed by atoms with E-state index >= 15 is 0 Å². The molecule has 3 rings (SSSR count). The second-order valence-corrected chi connectivity index (χ2v) is 5.36. The van der Waals surface area contributed by atoms with E-state index in [2.05, 4.69) is 4.98 Å². The van der Waals surface area contributed by atoms with Crippen LogP contribution in [0.15, 0.2) is 18.3 Å². The van der Waals surface area contributed by atoms with E-state index in [0.29, 0.717) is 18.0 Å². The zero-order valence-corrected chi connectivity index (χ0v) is 10.3. The van der Waals surface area contributed by atoms with Crippen LogP contribution in [0.1, 0.15) is 18.4 Å². The third-order valence-corrected chi connectivity index (χ3v) is 3.79. The zero-order valence-electron chi connectivity index (χ0n) is 9.50. The van der Waals surface area contributed by atoms with Crippen molar-refractivity contribution in [2.45, 2.75) is 24.2 Å². The van der Waals surface area contributed by atoms with E-state index in [4.69, 9.17) is 11.6 Å². The number of carbonyl (C=O) groups excluding carboxylic acids is 1. The van der Waals surface area contributed by atoms with Crippen molar-refractivity contribution < 1.29 is 13.6 Å². The van der Waals surface area contributed by atoms with Crippen LogP contribution < -0.4 is 0 Å². The van der Waals surface area contributed by atoms with Crippen molar-refractivity contribution in [3.05, 3.63) is 29.0 Å². The molecule has 96 valence electrons. The standard InChI is InChI=1S/C12H11ClF2N2O/c13-9-2-1-8(5-16-9)11(3-4-11)10(18)17-6-12(14,15)7-17/h1-2,5H,3-4,6-7H2. The third-order valence-electron chi connectivity index (χ3n) is 3.57. The smallest absolute Gasteiger partial charge is 0.282 e. The van der Waals surface area contributed by atoms with Crippen molar-refractivity contribution in [1.29, 1.82) is 0 Å². The van der Waals surface area contributed by atoms with Crippen LogP contribution in [-0.2, 0) is 10.2 Å². The van der Waals surface area contributed by atoms with E-state index in [-0.39, 0.29) is 5.91 Å². The van der Waals surface area contributed by atoms with Crippen LogP contribution in [0.25, 0.3) is 0 Å². The maximum Gasteiger partial charge on any atom is 0.282 e. The first-order valence-corrected chi connectivity index (χ1v) is 6.10. The predicted octanol–water partition coefficient (Wildman–Crippen LogP) is 2.24. The summed E-state index contributed by atoms with van der Waals surface area (Å²) in [6.45, 7) is -0.927. The second-order valence-electron chi connectivity index (χ2n) is 4.97. The maximum atomic E-state index is 12.8. The van der Waals surface area contributed by atoms with E-state index in [0.717, 1.165) is 5.56 Å². The molecule has 1 aromatic rings. The molecule has 6 heteroatoms. The average Bonchev–Trinajstić information content (AvgIpc) is 3.07. The van der Waals surface area contributed by atoms with Crippen molar-refractivity contribution >= 4 is 17.5 Å². The molecule has 0 N–H and O–H groups in total. The van der Waals surface area contributed by atoms with Crippen molar-refractivity contribution in [2.24, 2.45) is 0 Å². The van der Waals surface area contributed by atoms with Gasteiger partial charge in [-0.05, 0) is 24.5 Å². The number of pyridine rings is 1. The Morgan fingerprint density at radius 1 is 1.33 bits per heavy atom. The quantitative estimate of drug-likeness (QED) is 0.774. The fraction of sp³-hybridized carbons (Fsp3) is 0.500. The fourth-order valence-corrected chi connectivity index (χ4v) is 2.48. The van der Waals surface area contributed by atoms with E-state index in [1.165, 1.54) is 4.90 Å². The Bertz CT molecular complexity index is 491. The Morgan fingerprint density at radius 2 is 2.00 bits per heavy atom. The molecule has 2 aliphatic rings. The number of likely N-dealkylation sites (tertiary alicyclic amines) is 1. The van der Waals surface area contributed by atoms with Crippen molar-refractivity contribution in [3.63, 3.8) is 0 Å². The summed E-state index contributed by atoms with van der Waals surface area (Å²) in [4.78, 5) is 17.4. The zero-order chi connectivity index (χ0) is 13.0. The summed E-state index contributed by atoms with van der Waals surface area (Å²) >= 11 is 5.69. The number of hydrogen-bond donors (Lipinski definition) is 0. The highest BCUT2D eigenvalue weighted by atomic mass is 35.5. The molecule has 0 atom stereocenters. The molecular formula is C12H11ClF2N2O. The summed E-state index contributed by atoms with van der Waals surface area (Å²) in [6, 6.07) is 3.37. The Labute approximate surface area is 108 Å². The lowest BCUT2D eigenvalue weighted by Crippen LogP contribution is -2.60. The lowest BCUT2D eigenvalue weighted by molar-refractivity contribution is -0.168. The minimum absolute atomic E-state index is 0.211. The molecule has 0 spiro atoms. The number of halogens is 3. The Balaban J connectivity index is 1.79. The molecule has 3 nitrogen and oxygen atoms in total. The number of nitrogens with zero attached hydrogens (tertiary/aromatic N) is 2. The normalized spacial score (nSPS) is 23.4. The number of aromatic nitrogens is 1. The lowest BCUT2D eigenvalue weighted by Gasteiger charge is -2.40. The topological polar surface area (TPSA) is 33.2 Å². The first kappa shape index (κ1) is 11.8. The average molecular weight is 273 g/mol. The maximum absolute atomic E-state index is 12.8. The van der Waals surface area contributed by atoms with Gasteiger partial charge in [0.15, 0.2) is 0 Å². The molecule has 0 bridgehead atoms. The molecule has 1 aromatic heterocycles. The van der Waals surface area contributed by atoms with Crippen LogP contribution in [0.2, 0.25) is 5.15 Å². The van der Waals surface area contributed by atoms with Crippen LogP contribution in [0, 0.1) is 0 Å². The summed E-state index contributed by atoms with van der Waals surface area (Å²) in [5.74, 6) is -2.93. The molecule has 1 saturated heterocycles. The van der Waals surface area contributed by atoms with Gasteiger partial charge in [-0.3, -0.25) is 4.79 Å². The molecule has 1 saturated carbocycles. The summed E-state index contributed by atoms with van der Waals surface area (Å²) < 4.78 is 25.6. The SMILES string of the molecule is O=C(N1CC(F)(F)C1)C1(c2ccc(Cl)nc2)CC1. The van der Waals surface area contributed by atoms with Gasteiger partial charge in [-0.1, -0.05) is 17.7 Å². The van der Waals surface area contributed by atoms with Gasteiger partial charge < -0.3 is 4.90 Å². The van der Waals surface area contributed by atoms with Crippen LogP contribution in [-0.4, -0.2) is 34.8 Å². The highest BCUT2D eigenvalue weighted by molar-refractivity contribution is 6.29. The van der Waals surface area contributed by atoms with Gasteiger partial charge >= 0.3 is 0 Å². The molecule has 2 heterocycles. The number of alkyl halides is 2. The number of hydrogen-bond acceptors (Lipinski definition) is 2. The largest absolute Gasteiger partial charge is 0.330 e. The molecule has 0 aromatic carbocycles. The predicted molar refractivity (Wildman–Crippen MR) is 61.7 cm³/mol. The second kappa shape index (κ2) is 3.63. The number of amides is 1. The van der Waals surface area contributed by atoms with Gasteiger partial charge in [0.25, 0.3) is 5.92 Å². The molecule has 0 radical (unpaired) electrons. The van der Waals surface area contributed by atoms with Crippen molar-refractivity contribution in [2.75, 3.05) is 13.1 Å². The van der Waals surface area contributed by atoms with Gasteiger partial charge in [0.05, 0.1) is 18.5 Å². The monoisotopic (exact) mass is 272 g/mol. The van der Waals surface area contributed by atoms with Crippen LogP contribution in [0.4, 0.5) is 8.78 Å². The third kappa shape index (κ3) is 1.77. The van der Waals surface area contributed by atoms with E-state index in [1.54, 1.807) is 18.3 Å². The van der Waals surface area contributed by atoms with Crippen LogP contribution in [0.5, 0.6) is 0 Å². The minimum Gasteiger partial charge on any atom is -0.330 e. The van der Waals surface area contributed by atoms with Crippen LogP contribution in [0.3, 0.4) is 0 Å². The summed E-state index contributed by atoms with van der Waals surface area (Å²) in [5.41, 5.74) is 0.140. The highest BCUT2D eigenvalue weighted by Gasteiger charge is 2.58. The molecule has 18 heavy (non-hydrogen) atoms. The van der Waals surface area contributed by atoms with Gasteiger partial charge in [0, 0.05) is 6.20 Å². The van der Waals surface area contributed by atoms with Gasteiger partial charge in [-0.25, -0.2) is 13.8 Å². The Kier molecular flexibility index (Phi) is 2.39. The summed E-state index contributed by atoms with van der Waals surface area (Å²) in [7, 11) is 0. The highest BCUT2D eigenvalue weighted by Crippen LogP contribution is 2.50. The van der Waals surface area contributed by atoms with Gasteiger partial charge in [0.2, 0.25) is 5.91 Å². The lowest BCUT2D eigenvalue weighted by atomic mass is 9.94. The summed E-state index contributed by atoms with van der Waals surface area (Å²) in [5, 5.41) is 0.359. The first-order valence-electron chi connectivity index (χ1n) is 5.72. The van der Waals surface area contributed by atoms with Gasteiger partial charge in [-0.15, -0.1) is 0 Å². The van der Waals surface area contributed by atoms with Gasteiger partial charge in [-0.2, -0.15) is 0 Å². The molecule has 1 amide bonds. The van der Waals surface area contributed by atoms with Crippen molar-refractivity contribution in [3.8, 4) is 0 Å². The summed E-state index contributed by atoms with van der Waals surface area (Å²) in [6.07, 6.45) is 2.94. The van der Waals surface area contributed by atoms with E-state index in [9.17, 15) is 13.6 Å². The first-order chi connectivity index (χ1) is 8.43. The molecule has 1 aliphatic carbocycles. The molecule has 0 unspecified atom stereocenters. The fourth-order valence-electron chi connectivity index (χ4n) is 2.37. The molecule has 2 fully saturated rings. The molecular weight excluding hydrogens is 262 g/mol. The molecule has 1 aliphatic heterocycles. The Hall–Kier alpha value is -1.23. The van der Waals surface area contributed by atoms with E-state index in [1.807, 2.05) is 0 Å². The minimum atomic E-state index is -2.72. The van der Waals surface area contributed by atoms with Crippen molar-refractivity contribution in [1.82, 2.24) is 9.88 Å². The van der Waals surface area contributed by atoms with Gasteiger partial charge in [0.1, 0.15) is 5.15 Å².